The van der Waals surface area contributed by atoms with Crippen molar-refractivity contribution >= 4 is 17.2 Å². The van der Waals surface area contributed by atoms with Gasteiger partial charge in [0.05, 0.1) is 10.7 Å². The number of hydrogen-bond donors (Lipinski definition) is 0. The maximum Gasteiger partial charge on any atom is 0.142 e. The number of benzene rings is 1. The summed E-state index contributed by atoms with van der Waals surface area (Å²) < 4.78 is 19.3. The van der Waals surface area contributed by atoms with E-state index in [-0.39, 0.29) is 10.8 Å². The van der Waals surface area contributed by atoms with Gasteiger partial charge in [-0.15, -0.1) is 0 Å². The largest absolute Gasteiger partial charge is 0.361 e. The fourth-order valence-corrected chi connectivity index (χ4v) is 4.28. The Morgan fingerprint density at radius 1 is 1.15 bits per heavy atom. The van der Waals surface area contributed by atoms with Crippen LogP contribution in [0.25, 0.3) is 5.57 Å². The van der Waals surface area contributed by atoms with Crippen molar-refractivity contribution in [2.24, 2.45) is 0 Å². The van der Waals surface area contributed by atoms with Crippen molar-refractivity contribution in [3.8, 4) is 0 Å². The highest BCUT2D eigenvalue weighted by Gasteiger charge is 2.19. The van der Waals surface area contributed by atoms with Crippen LogP contribution in [0.1, 0.15) is 54.7 Å². The molecule has 1 aliphatic carbocycles. The van der Waals surface area contributed by atoms with Crippen molar-refractivity contribution in [1.82, 2.24) is 10.1 Å². The number of halogens is 2. The molecule has 0 amide bonds. The molecule has 1 aliphatic heterocycles. The lowest BCUT2D eigenvalue weighted by atomic mass is 9.99. The molecule has 2 aromatic rings. The Hall–Kier alpha value is -1.65. The predicted molar refractivity (Wildman–Crippen MR) is 107 cm³/mol. The molecule has 1 aromatic carbocycles. The summed E-state index contributed by atoms with van der Waals surface area (Å²) in [6.07, 6.45) is 11.2. The van der Waals surface area contributed by atoms with E-state index in [0.29, 0.717) is 0 Å². The van der Waals surface area contributed by atoms with E-state index in [1.54, 1.807) is 12.1 Å². The van der Waals surface area contributed by atoms with Gasteiger partial charge in [-0.25, -0.2) is 4.39 Å². The minimum absolute atomic E-state index is 0.182. The first kappa shape index (κ1) is 18.7. The third-order valence-electron chi connectivity index (χ3n) is 5.75. The van der Waals surface area contributed by atoms with Crippen LogP contribution >= 0.6 is 11.6 Å². The fourth-order valence-electron chi connectivity index (χ4n) is 4.16. The molecule has 5 heteroatoms. The molecule has 27 heavy (non-hydrogen) atoms. The summed E-state index contributed by atoms with van der Waals surface area (Å²) in [5.74, 6) is 0.764. The van der Waals surface area contributed by atoms with Gasteiger partial charge in [-0.2, -0.15) is 0 Å². The molecule has 0 N–H and O–H groups in total. The molecule has 0 radical (unpaired) electrons. The molecule has 4 rings (SSSR count). The molecule has 0 saturated carbocycles. The molecule has 3 nitrogen and oxygen atoms in total. The second kappa shape index (κ2) is 8.57. The molecule has 0 spiro atoms. The van der Waals surface area contributed by atoms with Crippen LogP contribution in [0.4, 0.5) is 4.39 Å². The van der Waals surface area contributed by atoms with E-state index in [1.807, 2.05) is 6.07 Å². The zero-order chi connectivity index (χ0) is 18.6. The highest BCUT2D eigenvalue weighted by atomic mass is 35.5. The van der Waals surface area contributed by atoms with Crippen molar-refractivity contribution in [1.29, 1.82) is 0 Å². The third kappa shape index (κ3) is 4.44. The smallest absolute Gasteiger partial charge is 0.142 e. The molecule has 1 aromatic heterocycles. The van der Waals surface area contributed by atoms with Crippen LogP contribution in [0.2, 0.25) is 5.02 Å². The Morgan fingerprint density at radius 3 is 2.85 bits per heavy atom. The summed E-state index contributed by atoms with van der Waals surface area (Å²) in [6, 6.07) is 5.09. The van der Waals surface area contributed by atoms with Crippen molar-refractivity contribution in [3.05, 3.63) is 57.7 Å². The van der Waals surface area contributed by atoms with Gasteiger partial charge in [-0.3, -0.25) is 4.90 Å². The van der Waals surface area contributed by atoms with E-state index < -0.39 is 0 Å². The van der Waals surface area contributed by atoms with Gasteiger partial charge in [0.25, 0.3) is 0 Å². The molecule has 0 atom stereocenters. The average molecular weight is 389 g/mol. The lowest BCUT2D eigenvalue weighted by Crippen LogP contribution is -2.29. The molecular formula is C22H26ClFN2O. The van der Waals surface area contributed by atoms with Gasteiger partial charge in [0.15, 0.2) is 0 Å². The lowest BCUT2D eigenvalue weighted by molar-refractivity contribution is 0.290. The summed E-state index contributed by atoms with van der Waals surface area (Å²) in [6.45, 7) is 2.97. The highest BCUT2D eigenvalue weighted by Crippen LogP contribution is 2.27. The van der Waals surface area contributed by atoms with E-state index in [0.717, 1.165) is 63.1 Å². The molecule has 2 aliphatic rings. The van der Waals surface area contributed by atoms with Crippen LogP contribution in [0.3, 0.4) is 0 Å². The van der Waals surface area contributed by atoms with Crippen molar-refractivity contribution in [2.75, 3.05) is 19.6 Å². The Balaban J connectivity index is 1.29. The Morgan fingerprint density at radius 2 is 2.04 bits per heavy atom. The van der Waals surface area contributed by atoms with E-state index in [4.69, 9.17) is 16.1 Å². The minimum atomic E-state index is -0.344. The Labute approximate surface area is 165 Å². The maximum atomic E-state index is 13.7. The van der Waals surface area contributed by atoms with Gasteiger partial charge in [-0.05, 0) is 68.3 Å². The summed E-state index contributed by atoms with van der Waals surface area (Å²) >= 11 is 5.78. The summed E-state index contributed by atoms with van der Waals surface area (Å²) in [4.78, 5) is 2.45. The summed E-state index contributed by atoms with van der Waals surface area (Å²) in [5.41, 5.74) is 4.74. The first-order valence-corrected chi connectivity index (χ1v) is 10.4. The van der Waals surface area contributed by atoms with Crippen LogP contribution in [0.15, 0.2) is 28.8 Å². The monoisotopic (exact) mass is 388 g/mol. The van der Waals surface area contributed by atoms with Gasteiger partial charge in [0, 0.05) is 25.1 Å². The second-order valence-corrected chi connectivity index (χ2v) is 8.01. The summed E-state index contributed by atoms with van der Waals surface area (Å²) in [5, 5.41) is 4.48. The number of nitrogens with zero attached hydrogens (tertiary/aromatic N) is 2. The number of hydrogen-bond acceptors (Lipinski definition) is 3. The second-order valence-electron chi connectivity index (χ2n) is 7.60. The molecule has 0 bridgehead atoms. The van der Waals surface area contributed by atoms with Crippen LogP contribution in [0, 0.1) is 5.82 Å². The number of aromatic nitrogens is 1. The van der Waals surface area contributed by atoms with Crippen molar-refractivity contribution < 1.29 is 8.91 Å². The standard InChI is InChI=1S/C22H26ClFN2O/c23-19-9-8-17(15-20(19)24)16-10-13-26(14-11-16)12-4-7-22-18-5-2-1-3-6-21(18)25-27-22/h8-10,15H,1-7,11-14H2. The summed E-state index contributed by atoms with van der Waals surface area (Å²) in [7, 11) is 0. The van der Waals surface area contributed by atoms with Crippen molar-refractivity contribution in [3.63, 3.8) is 0 Å². The first-order valence-electron chi connectivity index (χ1n) is 10.0. The lowest BCUT2D eigenvalue weighted by Gasteiger charge is -2.26. The van der Waals surface area contributed by atoms with Crippen molar-refractivity contribution in [2.45, 2.75) is 51.4 Å². The average Bonchev–Trinajstić information content (AvgIpc) is 2.91. The maximum absolute atomic E-state index is 13.7. The van der Waals surface area contributed by atoms with E-state index >= 15 is 0 Å². The topological polar surface area (TPSA) is 29.3 Å². The van der Waals surface area contributed by atoms with E-state index in [2.05, 4.69) is 16.1 Å². The van der Waals surface area contributed by atoms with Gasteiger partial charge >= 0.3 is 0 Å². The zero-order valence-corrected chi connectivity index (χ0v) is 16.4. The first-order chi connectivity index (χ1) is 13.2. The van der Waals surface area contributed by atoms with E-state index in [9.17, 15) is 4.39 Å². The number of aryl methyl sites for hydroxylation is 2. The quantitative estimate of drug-likeness (QED) is 0.637. The van der Waals surface area contributed by atoms with Crippen LogP contribution < -0.4 is 0 Å². The van der Waals surface area contributed by atoms with Crippen LogP contribution in [-0.4, -0.2) is 29.7 Å². The van der Waals surface area contributed by atoms with E-state index in [1.165, 1.54) is 36.1 Å². The molecule has 144 valence electrons. The van der Waals surface area contributed by atoms with Gasteiger partial charge < -0.3 is 4.52 Å². The SMILES string of the molecule is Fc1cc(C2=CCN(CCCc3onc4c3CCCCC4)CC2)ccc1Cl. The predicted octanol–water partition coefficient (Wildman–Crippen LogP) is 5.46. The Kier molecular flexibility index (Phi) is 5.94. The normalized spacial score (nSPS) is 18.1. The molecular weight excluding hydrogens is 363 g/mol. The molecule has 0 saturated heterocycles. The number of rotatable bonds is 5. The van der Waals surface area contributed by atoms with Crippen LogP contribution in [0.5, 0.6) is 0 Å². The molecule has 0 fully saturated rings. The van der Waals surface area contributed by atoms with Gasteiger partial charge in [-0.1, -0.05) is 35.3 Å². The van der Waals surface area contributed by atoms with Crippen LogP contribution in [-0.2, 0) is 19.3 Å². The minimum Gasteiger partial charge on any atom is -0.361 e. The molecule has 2 heterocycles. The molecule has 0 unspecified atom stereocenters. The van der Waals surface area contributed by atoms with Gasteiger partial charge in [0.1, 0.15) is 11.6 Å². The Bertz CT molecular complexity index is 830. The third-order valence-corrected chi connectivity index (χ3v) is 6.06. The van der Waals surface area contributed by atoms with Gasteiger partial charge in [0.2, 0.25) is 0 Å². The number of fused-ring (bicyclic) bond motifs is 1. The highest BCUT2D eigenvalue weighted by molar-refractivity contribution is 6.30. The zero-order valence-electron chi connectivity index (χ0n) is 15.6. The fraction of sp³-hybridized carbons (Fsp3) is 0.500.